The minimum Gasteiger partial charge on any atom is -0.488 e. The van der Waals surface area contributed by atoms with Gasteiger partial charge in [0.05, 0.1) is 22.0 Å². The summed E-state index contributed by atoms with van der Waals surface area (Å²) in [5, 5.41) is 18.8. The summed E-state index contributed by atoms with van der Waals surface area (Å²) < 4.78 is 7.55. The summed E-state index contributed by atoms with van der Waals surface area (Å²) in [4.78, 5) is 29.6. The lowest BCUT2D eigenvalue weighted by atomic mass is 9.88. The Morgan fingerprint density at radius 1 is 0.950 bits per heavy atom. The zero-order valence-electron chi connectivity index (χ0n) is 21.9. The van der Waals surface area contributed by atoms with Crippen LogP contribution in [0.4, 0.5) is 5.69 Å². The number of hydrogen-bond acceptors (Lipinski definition) is 6. The highest BCUT2D eigenvalue weighted by molar-refractivity contribution is 5.86. The first-order chi connectivity index (χ1) is 19.6. The summed E-state index contributed by atoms with van der Waals surface area (Å²) in [7, 11) is 0. The summed E-state index contributed by atoms with van der Waals surface area (Å²) in [6.07, 6.45) is 6.67. The molecule has 0 bridgehead atoms. The van der Waals surface area contributed by atoms with Crippen LogP contribution in [0.2, 0.25) is 0 Å². The monoisotopic (exact) mass is 532 g/mol. The Balaban J connectivity index is 1.40. The van der Waals surface area contributed by atoms with Crippen molar-refractivity contribution in [3.63, 3.8) is 0 Å². The normalized spacial score (nSPS) is 14.2. The van der Waals surface area contributed by atoms with Crippen LogP contribution in [0.3, 0.4) is 0 Å². The van der Waals surface area contributed by atoms with Crippen LogP contribution in [0.1, 0.15) is 55.0 Å². The number of non-ortho nitro benzene ring substituents is 1. The molecule has 0 saturated heterocycles. The van der Waals surface area contributed by atoms with E-state index in [1.54, 1.807) is 18.2 Å². The van der Waals surface area contributed by atoms with Crippen LogP contribution in [-0.4, -0.2) is 20.8 Å². The molecule has 1 aliphatic carbocycles. The summed E-state index contributed by atoms with van der Waals surface area (Å²) in [6, 6.07) is 25.7. The van der Waals surface area contributed by atoms with Crippen LogP contribution in [0.25, 0.3) is 21.7 Å². The number of hydrogen-bond donors (Lipinski definition) is 0. The third-order valence-corrected chi connectivity index (χ3v) is 7.53. The quantitative estimate of drug-likeness (QED) is 0.128. The smallest absolute Gasteiger partial charge is 0.282 e. The van der Waals surface area contributed by atoms with Gasteiger partial charge in [-0.05, 0) is 47.4 Å². The van der Waals surface area contributed by atoms with Gasteiger partial charge in [0.1, 0.15) is 18.2 Å². The molecule has 1 heterocycles. The van der Waals surface area contributed by atoms with Crippen LogP contribution in [0.15, 0.2) is 94.8 Å². The van der Waals surface area contributed by atoms with E-state index in [2.05, 4.69) is 5.10 Å². The van der Waals surface area contributed by atoms with Crippen molar-refractivity contribution < 1.29 is 9.66 Å². The maximum absolute atomic E-state index is 13.6. The van der Waals surface area contributed by atoms with Gasteiger partial charge in [-0.25, -0.2) is 4.98 Å². The fraction of sp³-hybridized carbons (Fsp3) is 0.219. The predicted molar refractivity (Wildman–Crippen MR) is 156 cm³/mol. The number of para-hydroxylation sites is 1. The Hall–Kier alpha value is -4.85. The van der Waals surface area contributed by atoms with Crippen molar-refractivity contribution in [2.75, 3.05) is 0 Å². The fourth-order valence-corrected chi connectivity index (χ4v) is 5.45. The molecule has 0 spiro atoms. The second-order valence-corrected chi connectivity index (χ2v) is 10.1. The van der Waals surface area contributed by atoms with E-state index < -0.39 is 4.92 Å². The number of nitrogens with zero attached hydrogens (tertiary/aromatic N) is 4. The van der Waals surface area contributed by atoms with E-state index in [0.29, 0.717) is 28.0 Å². The van der Waals surface area contributed by atoms with E-state index in [-0.39, 0.29) is 23.8 Å². The Morgan fingerprint density at radius 2 is 1.70 bits per heavy atom. The average molecular weight is 533 g/mol. The molecule has 1 aromatic heterocycles. The molecule has 0 unspecified atom stereocenters. The molecule has 40 heavy (non-hydrogen) atoms. The van der Waals surface area contributed by atoms with Gasteiger partial charge in [-0.1, -0.05) is 73.9 Å². The van der Waals surface area contributed by atoms with E-state index in [9.17, 15) is 14.9 Å². The molecule has 4 aromatic carbocycles. The minimum absolute atomic E-state index is 0.0875. The molecule has 0 N–H and O–H groups in total. The average Bonchev–Trinajstić information content (AvgIpc) is 3.00. The Labute approximate surface area is 230 Å². The van der Waals surface area contributed by atoms with Gasteiger partial charge in [-0.3, -0.25) is 14.9 Å². The predicted octanol–water partition coefficient (Wildman–Crippen LogP) is 6.97. The number of ether oxygens (including phenoxy) is 1. The van der Waals surface area contributed by atoms with E-state index in [0.717, 1.165) is 42.0 Å². The van der Waals surface area contributed by atoms with Crippen molar-refractivity contribution in [1.29, 1.82) is 0 Å². The standard InChI is InChI=1S/C32H28N4O4/c37-32-28-15-6-7-16-29(28)34-31(23-10-2-1-3-11-23)35(32)33-20-25-19-26(36(38)39)17-18-30(25)40-21-24-13-8-12-22-9-4-5-14-27(22)24/h4-9,12-20,23H,1-3,10-11,21H2. The van der Waals surface area contributed by atoms with Crippen LogP contribution >= 0.6 is 0 Å². The topological polar surface area (TPSA) is 99.6 Å². The maximum Gasteiger partial charge on any atom is 0.282 e. The third kappa shape index (κ3) is 5.08. The summed E-state index contributed by atoms with van der Waals surface area (Å²) >= 11 is 0. The second kappa shape index (κ2) is 11.1. The largest absolute Gasteiger partial charge is 0.488 e. The van der Waals surface area contributed by atoms with E-state index in [4.69, 9.17) is 9.72 Å². The van der Waals surface area contributed by atoms with Crippen molar-refractivity contribution >= 4 is 33.6 Å². The molecule has 0 aliphatic heterocycles. The molecule has 6 rings (SSSR count). The molecule has 1 saturated carbocycles. The van der Waals surface area contributed by atoms with E-state index in [1.807, 2.05) is 54.6 Å². The van der Waals surface area contributed by atoms with Crippen LogP contribution in [0, 0.1) is 10.1 Å². The highest BCUT2D eigenvalue weighted by Gasteiger charge is 2.22. The summed E-state index contributed by atoms with van der Waals surface area (Å²) in [5.74, 6) is 1.18. The number of rotatable bonds is 7. The lowest BCUT2D eigenvalue weighted by Crippen LogP contribution is -2.25. The minimum atomic E-state index is -0.455. The Bertz CT molecular complexity index is 1800. The zero-order valence-corrected chi connectivity index (χ0v) is 21.9. The van der Waals surface area contributed by atoms with Gasteiger partial charge < -0.3 is 4.74 Å². The first-order valence-electron chi connectivity index (χ1n) is 13.5. The molecular weight excluding hydrogens is 504 g/mol. The fourth-order valence-electron chi connectivity index (χ4n) is 5.45. The highest BCUT2D eigenvalue weighted by atomic mass is 16.6. The zero-order chi connectivity index (χ0) is 27.5. The van der Waals surface area contributed by atoms with Crippen LogP contribution in [0.5, 0.6) is 5.75 Å². The van der Waals surface area contributed by atoms with Gasteiger partial charge >= 0.3 is 0 Å². The summed E-state index contributed by atoms with van der Waals surface area (Å²) in [6.45, 7) is 0.269. The maximum atomic E-state index is 13.6. The Kier molecular flexibility index (Phi) is 7.06. The molecular formula is C32H28N4O4. The van der Waals surface area contributed by atoms with Crippen molar-refractivity contribution in [2.24, 2.45) is 5.10 Å². The van der Waals surface area contributed by atoms with Gasteiger partial charge in [-0.2, -0.15) is 9.78 Å². The van der Waals surface area contributed by atoms with Crippen molar-refractivity contribution in [2.45, 2.75) is 44.6 Å². The van der Waals surface area contributed by atoms with Crippen molar-refractivity contribution in [3.8, 4) is 5.75 Å². The van der Waals surface area contributed by atoms with E-state index >= 15 is 0 Å². The van der Waals surface area contributed by atoms with Gasteiger partial charge in [0.15, 0.2) is 0 Å². The molecule has 0 atom stereocenters. The van der Waals surface area contributed by atoms with Gasteiger partial charge in [-0.15, -0.1) is 0 Å². The Morgan fingerprint density at radius 3 is 2.52 bits per heavy atom. The van der Waals surface area contributed by atoms with Gasteiger partial charge in [0.25, 0.3) is 11.2 Å². The highest BCUT2D eigenvalue weighted by Crippen LogP contribution is 2.32. The van der Waals surface area contributed by atoms with Crippen molar-refractivity contribution in [3.05, 3.63) is 122 Å². The summed E-state index contributed by atoms with van der Waals surface area (Å²) in [5.41, 5.74) is 1.70. The molecule has 8 heteroatoms. The molecule has 1 aliphatic rings. The number of nitro groups is 1. The van der Waals surface area contributed by atoms with Crippen molar-refractivity contribution in [1.82, 2.24) is 9.66 Å². The van der Waals surface area contributed by atoms with Crippen LogP contribution in [-0.2, 0) is 6.61 Å². The molecule has 200 valence electrons. The molecule has 1 fully saturated rings. The number of aromatic nitrogens is 2. The lowest BCUT2D eigenvalue weighted by Gasteiger charge is -2.22. The molecule has 0 amide bonds. The number of fused-ring (bicyclic) bond motifs is 2. The molecule has 0 radical (unpaired) electrons. The van der Waals surface area contributed by atoms with Gasteiger partial charge in [0, 0.05) is 23.6 Å². The first-order valence-corrected chi connectivity index (χ1v) is 13.5. The third-order valence-electron chi connectivity index (χ3n) is 7.53. The second-order valence-electron chi connectivity index (χ2n) is 10.1. The molecule has 5 aromatic rings. The van der Waals surface area contributed by atoms with E-state index in [1.165, 1.54) is 29.4 Å². The number of nitro benzene ring substituents is 1. The molecule has 8 nitrogen and oxygen atoms in total. The SMILES string of the molecule is O=c1c2ccccc2nc(C2CCCCC2)n1N=Cc1cc([N+](=O)[O-])ccc1OCc1cccc2ccccc12. The first kappa shape index (κ1) is 25.4. The van der Waals surface area contributed by atoms with Crippen LogP contribution < -0.4 is 10.3 Å². The lowest BCUT2D eigenvalue weighted by molar-refractivity contribution is -0.384. The number of benzene rings is 4. The van der Waals surface area contributed by atoms with Gasteiger partial charge in [0.2, 0.25) is 0 Å².